The van der Waals surface area contributed by atoms with Gasteiger partial charge in [-0.15, -0.1) is 0 Å². The van der Waals surface area contributed by atoms with Gasteiger partial charge in [0.05, 0.1) is 18.8 Å². The standard InChI is InChI=1S/C46H94NO6P/c1-3-5-7-9-11-13-14-15-16-17-18-19-20-21-22-23-24-25-26-27-28-29-30-31-32-34-36-38-40-42-46(49)47-44(43-53-54(50,51)52)45(48)41-39-37-35-33-12-10-8-6-4-2/h44-45,48H,3-43H2,1-2H3,(H,47,49)(H2,50,51,52)/t44-,45+/m0/s1. The van der Waals surface area contributed by atoms with Crippen LogP contribution in [0.5, 0.6) is 0 Å². The lowest BCUT2D eigenvalue weighted by molar-refractivity contribution is -0.123. The highest BCUT2D eigenvalue weighted by Gasteiger charge is 2.25. The first-order chi connectivity index (χ1) is 26.3. The molecule has 324 valence electrons. The van der Waals surface area contributed by atoms with E-state index in [1.54, 1.807) is 0 Å². The quantitative estimate of drug-likeness (QED) is 0.0361. The van der Waals surface area contributed by atoms with E-state index in [0.717, 1.165) is 38.5 Å². The van der Waals surface area contributed by atoms with Crippen LogP contribution in [0.2, 0.25) is 0 Å². The first-order valence-corrected chi connectivity index (χ1v) is 25.5. The highest BCUT2D eigenvalue weighted by Crippen LogP contribution is 2.36. The first kappa shape index (κ1) is 53.5. The van der Waals surface area contributed by atoms with Crippen molar-refractivity contribution in [1.29, 1.82) is 0 Å². The predicted molar refractivity (Wildman–Crippen MR) is 232 cm³/mol. The molecule has 0 fully saturated rings. The molecule has 7 nitrogen and oxygen atoms in total. The topological polar surface area (TPSA) is 116 Å². The molecule has 0 bridgehead atoms. The van der Waals surface area contributed by atoms with E-state index >= 15 is 0 Å². The Morgan fingerprint density at radius 3 is 1.00 bits per heavy atom. The fourth-order valence-corrected chi connectivity index (χ4v) is 8.06. The van der Waals surface area contributed by atoms with Gasteiger partial charge in [-0.1, -0.05) is 251 Å². The van der Waals surface area contributed by atoms with Crippen molar-refractivity contribution < 1.29 is 28.8 Å². The van der Waals surface area contributed by atoms with Gasteiger partial charge in [-0.25, -0.2) is 4.57 Å². The van der Waals surface area contributed by atoms with Crippen molar-refractivity contribution in [1.82, 2.24) is 5.32 Å². The van der Waals surface area contributed by atoms with E-state index < -0.39 is 26.6 Å². The maximum absolute atomic E-state index is 12.6. The van der Waals surface area contributed by atoms with Gasteiger partial charge < -0.3 is 20.2 Å². The zero-order chi connectivity index (χ0) is 39.6. The molecule has 0 aromatic rings. The van der Waals surface area contributed by atoms with Gasteiger partial charge >= 0.3 is 7.82 Å². The average molecular weight is 788 g/mol. The molecule has 0 saturated carbocycles. The Bertz CT molecular complexity index is 808. The van der Waals surface area contributed by atoms with Crippen LogP contribution in [0.3, 0.4) is 0 Å². The largest absolute Gasteiger partial charge is 0.469 e. The van der Waals surface area contributed by atoms with Gasteiger partial charge in [-0.05, 0) is 12.8 Å². The Morgan fingerprint density at radius 2 is 0.722 bits per heavy atom. The van der Waals surface area contributed by atoms with Crippen molar-refractivity contribution >= 4 is 13.7 Å². The number of aliphatic hydroxyl groups is 1. The fourth-order valence-electron chi connectivity index (χ4n) is 7.70. The molecule has 8 heteroatoms. The van der Waals surface area contributed by atoms with E-state index in [9.17, 15) is 14.5 Å². The number of hydrogen-bond donors (Lipinski definition) is 4. The molecule has 2 atom stereocenters. The van der Waals surface area contributed by atoms with Crippen LogP contribution < -0.4 is 5.32 Å². The Balaban J connectivity index is 3.61. The highest BCUT2D eigenvalue weighted by atomic mass is 31.2. The molecular weight excluding hydrogens is 693 g/mol. The molecule has 0 heterocycles. The van der Waals surface area contributed by atoms with E-state index in [1.807, 2.05) is 0 Å². The van der Waals surface area contributed by atoms with Crippen LogP contribution in [-0.2, 0) is 13.9 Å². The normalized spacial score (nSPS) is 13.1. The van der Waals surface area contributed by atoms with E-state index in [4.69, 9.17) is 9.79 Å². The van der Waals surface area contributed by atoms with Crippen molar-refractivity contribution in [3.63, 3.8) is 0 Å². The van der Waals surface area contributed by atoms with Crippen LogP contribution in [0.25, 0.3) is 0 Å². The molecule has 0 aliphatic rings. The summed E-state index contributed by atoms with van der Waals surface area (Å²) < 4.78 is 15.9. The Labute approximate surface area is 336 Å². The second kappa shape index (κ2) is 42.2. The molecule has 0 spiro atoms. The molecule has 0 rings (SSSR count). The lowest BCUT2D eigenvalue weighted by atomic mass is 10.0. The Morgan fingerprint density at radius 1 is 0.463 bits per heavy atom. The summed E-state index contributed by atoms with van der Waals surface area (Å²) in [6.45, 7) is 4.12. The second-order valence-corrected chi connectivity index (χ2v) is 18.0. The number of carbonyl (C=O) groups is 1. The van der Waals surface area contributed by atoms with Crippen molar-refractivity contribution in [2.75, 3.05) is 6.61 Å². The number of aliphatic hydroxyl groups excluding tert-OH is 1. The number of rotatable bonds is 45. The van der Waals surface area contributed by atoms with Gasteiger partial charge in [0.2, 0.25) is 5.91 Å². The first-order valence-electron chi connectivity index (χ1n) is 24.0. The Hall–Kier alpha value is -0.460. The van der Waals surface area contributed by atoms with Gasteiger partial charge in [-0.2, -0.15) is 0 Å². The lowest BCUT2D eigenvalue weighted by Crippen LogP contribution is -2.46. The molecular formula is C46H94NO6P. The van der Waals surface area contributed by atoms with Gasteiger partial charge in [0.15, 0.2) is 0 Å². The highest BCUT2D eigenvalue weighted by molar-refractivity contribution is 7.46. The molecule has 1 amide bonds. The molecule has 0 aliphatic carbocycles. The maximum Gasteiger partial charge on any atom is 0.469 e. The van der Waals surface area contributed by atoms with Gasteiger partial charge in [0, 0.05) is 6.42 Å². The molecule has 0 aliphatic heterocycles. The average Bonchev–Trinajstić information content (AvgIpc) is 3.14. The molecule has 4 N–H and O–H groups in total. The lowest BCUT2D eigenvalue weighted by Gasteiger charge is -2.24. The smallest absolute Gasteiger partial charge is 0.391 e. The van der Waals surface area contributed by atoms with Crippen LogP contribution >= 0.6 is 7.82 Å². The summed E-state index contributed by atoms with van der Waals surface area (Å²) >= 11 is 0. The molecule has 0 radical (unpaired) electrons. The van der Waals surface area contributed by atoms with Crippen LogP contribution in [0, 0.1) is 0 Å². The number of unbranched alkanes of at least 4 members (excludes halogenated alkanes) is 36. The number of phosphoric acid groups is 1. The summed E-state index contributed by atoms with van der Waals surface area (Å²) in [6, 6.07) is -0.817. The minimum absolute atomic E-state index is 0.189. The van der Waals surface area contributed by atoms with Crippen LogP contribution in [0.1, 0.15) is 271 Å². The third kappa shape index (κ3) is 42.7. The van der Waals surface area contributed by atoms with Gasteiger partial charge in [-0.3, -0.25) is 9.32 Å². The third-order valence-electron chi connectivity index (χ3n) is 11.3. The van der Waals surface area contributed by atoms with E-state index in [0.29, 0.717) is 12.8 Å². The van der Waals surface area contributed by atoms with E-state index in [1.165, 1.54) is 205 Å². The van der Waals surface area contributed by atoms with E-state index in [-0.39, 0.29) is 5.91 Å². The van der Waals surface area contributed by atoms with Crippen molar-refractivity contribution in [3.05, 3.63) is 0 Å². The molecule has 0 unspecified atom stereocenters. The molecule has 54 heavy (non-hydrogen) atoms. The molecule has 0 aromatic heterocycles. The maximum atomic E-state index is 12.6. The zero-order valence-corrected chi connectivity index (χ0v) is 37.1. The molecule has 0 aromatic carbocycles. The fraction of sp³-hybridized carbons (Fsp3) is 0.978. The predicted octanol–water partition coefficient (Wildman–Crippen LogP) is 14.6. The van der Waals surface area contributed by atoms with Gasteiger partial charge in [0.1, 0.15) is 0 Å². The number of nitrogens with one attached hydrogen (secondary N) is 1. The Kier molecular flexibility index (Phi) is 41.8. The van der Waals surface area contributed by atoms with E-state index in [2.05, 4.69) is 23.7 Å². The van der Waals surface area contributed by atoms with Crippen molar-refractivity contribution in [3.8, 4) is 0 Å². The van der Waals surface area contributed by atoms with Gasteiger partial charge in [0.25, 0.3) is 0 Å². The monoisotopic (exact) mass is 788 g/mol. The number of phosphoric ester groups is 1. The zero-order valence-electron chi connectivity index (χ0n) is 36.2. The second-order valence-electron chi connectivity index (χ2n) is 16.8. The van der Waals surface area contributed by atoms with Crippen LogP contribution in [0.15, 0.2) is 0 Å². The van der Waals surface area contributed by atoms with Crippen molar-refractivity contribution in [2.24, 2.45) is 0 Å². The SMILES string of the molecule is CCCCCCCCCCCCCCCCCCCCCCCCCCCCCCCC(=O)N[C@@H](COP(=O)(O)O)[C@H](O)CCCCCCCCCCC. The minimum atomic E-state index is -4.68. The summed E-state index contributed by atoms with van der Waals surface area (Å²) in [5.74, 6) is -0.189. The summed E-state index contributed by atoms with van der Waals surface area (Å²) in [4.78, 5) is 30.9. The number of hydrogen-bond acceptors (Lipinski definition) is 4. The summed E-state index contributed by atoms with van der Waals surface area (Å²) in [6.07, 6.45) is 49.9. The summed E-state index contributed by atoms with van der Waals surface area (Å²) in [5.41, 5.74) is 0. The van der Waals surface area contributed by atoms with Crippen LogP contribution in [0.4, 0.5) is 0 Å². The van der Waals surface area contributed by atoms with Crippen molar-refractivity contribution in [2.45, 2.75) is 283 Å². The molecule has 0 saturated heterocycles. The minimum Gasteiger partial charge on any atom is -0.391 e. The number of amides is 1. The van der Waals surface area contributed by atoms with Crippen LogP contribution in [-0.4, -0.2) is 39.6 Å². The summed E-state index contributed by atoms with van der Waals surface area (Å²) in [7, 11) is -4.68. The third-order valence-corrected chi connectivity index (χ3v) is 11.8. The number of carbonyl (C=O) groups excluding carboxylic acids is 1. The summed E-state index contributed by atoms with van der Waals surface area (Å²) in [5, 5.41) is 13.5.